The van der Waals surface area contributed by atoms with Crippen LogP contribution in [0.15, 0.2) is 18.2 Å². The Balaban J connectivity index is 2.12. The van der Waals surface area contributed by atoms with Crippen molar-refractivity contribution >= 4 is 23.4 Å². The van der Waals surface area contributed by atoms with Crippen molar-refractivity contribution in [2.75, 3.05) is 39.2 Å². The molecule has 0 saturated heterocycles. The molecule has 1 heterocycles. The zero-order valence-electron chi connectivity index (χ0n) is 14.0. The van der Waals surface area contributed by atoms with Crippen LogP contribution in [0.2, 0.25) is 0 Å². The lowest BCUT2D eigenvalue weighted by molar-refractivity contribution is -0.125. The summed E-state index contributed by atoms with van der Waals surface area (Å²) in [6.45, 7) is 0.155. The molecule has 0 spiro atoms. The average Bonchev–Trinajstić information content (AvgIpc) is 2.54. The number of primary amides is 1. The molecule has 130 valence electrons. The maximum absolute atomic E-state index is 12.1. The standard InChI is InChI=1S/C16H22N4O4/c1-19(2)16(23)10-4-5-13-12(6-10)20(3)11(9-24-13)7-15(22)18-8-14(17)21/h4-6,11H,7-9H2,1-3H3,(H2,17,21)(H,18,22)/t11-/m0/s1. The lowest BCUT2D eigenvalue weighted by atomic mass is 10.1. The normalized spacial score (nSPS) is 16.0. The van der Waals surface area contributed by atoms with Gasteiger partial charge in [0.05, 0.1) is 24.7 Å². The third kappa shape index (κ3) is 3.95. The molecule has 0 fully saturated rings. The van der Waals surface area contributed by atoms with Crippen LogP contribution >= 0.6 is 0 Å². The summed E-state index contributed by atoms with van der Waals surface area (Å²) in [7, 11) is 5.22. The van der Waals surface area contributed by atoms with Crippen molar-refractivity contribution in [1.82, 2.24) is 10.2 Å². The van der Waals surface area contributed by atoms with E-state index in [0.29, 0.717) is 17.9 Å². The molecule has 0 aromatic heterocycles. The minimum Gasteiger partial charge on any atom is -0.489 e. The number of carbonyl (C=O) groups excluding carboxylic acids is 3. The zero-order chi connectivity index (χ0) is 17.9. The summed E-state index contributed by atoms with van der Waals surface area (Å²) in [5.74, 6) is -0.305. The topological polar surface area (TPSA) is 105 Å². The molecule has 1 aliphatic rings. The SMILES string of the molecule is CN(C)C(=O)c1ccc2c(c1)N(C)[C@@H](CC(=O)NCC(N)=O)CO2. The first-order valence-electron chi connectivity index (χ1n) is 7.56. The molecule has 3 amide bonds. The predicted molar refractivity (Wildman–Crippen MR) is 89.0 cm³/mol. The van der Waals surface area contributed by atoms with E-state index in [9.17, 15) is 14.4 Å². The average molecular weight is 334 g/mol. The Labute approximate surface area is 140 Å². The van der Waals surface area contributed by atoms with Gasteiger partial charge in [0, 0.05) is 26.7 Å². The van der Waals surface area contributed by atoms with Gasteiger partial charge in [0.1, 0.15) is 12.4 Å². The fourth-order valence-electron chi connectivity index (χ4n) is 2.47. The second kappa shape index (κ2) is 7.20. The third-order valence-electron chi connectivity index (χ3n) is 3.85. The van der Waals surface area contributed by atoms with Crippen LogP contribution in [0.5, 0.6) is 5.75 Å². The number of anilines is 1. The maximum Gasteiger partial charge on any atom is 0.253 e. The molecule has 1 aromatic rings. The minimum atomic E-state index is -0.589. The van der Waals surface area contributed by atoms with Gasteiger partial charge in [0.25, 0.3) is 5.91 Å². The highest BCUT2D eigenvalue weighted by molar-refractivity contribution is 5.95. The van der Waals surface area contributed by atoms with Crippen LogP contribution in [0.3, 0.4) is 0 Å². The molecule has 0 unspecified atom stereocenters. The molecule has 0 bridgehead atoms. The van der Waals surface area contributed by atoms with Crippen molar-refractivity contribution in [3.05, 3.63) is 23.8 Å². The number of amides is 3. The number of nitrogens with one attached hydrogen (secondary N) is 1. The molecule has 1 aliphatic heterocycles. The number of hydrogen-bond acceptors (Lipinski definition) is 5. The van der Waals surface area contributed by atoms with Crippen molar-refractivity contribution in [1.29, 1.82) is 0 Å². The summed E-state index contributed by atoms with van der Waals surface area (Å²) < 4.78 is 5.69. The van der Waals surface area contributed by atoms with E-state index < -0.39 is 5.91 Å². The highest BCUT2D eigenvalue weighted by Crippen LogP contribution is 2.34. The highest BCUT2D eigenvalue weighted by atomic mass is 16.5. The molecule has 3 N–H and O–H groups in total. The molecular weight excluding hydrogens is 312 g/mol. The number of nitrogens with two attached hydrogens (primary N) is 1. The largest absolute Gasteiger partial charge is 0.489 e. The lowest BCUT2D eigenvalue weighted by Crippen LogP contribution is -2.44. The van der Waals surface area contributed by atoms with E-state index in [4.69, 9.17) is 10.5 Å². The number of benzene rings is 1. The van der Waals surface area contributed by atoms with Gasteiger partial charge in [0.2, 0.25) is 11.8 Å². The third-order valence-corrected chi connectivity index (χ3v) is 3.85. The summed E-state index contributed by atoms with van der Waals surface area (Å²) >= 11 is 0. The molecule has 1 atom stereocenters. The summed E-state index contributed by atoms with van der Waals surface area (Å²) in [5, 5.41) is 2.46. The number of carbonyl (C=O) groups is 3. The van der Waals surface area contributed by atoms with Crippen molar-refractivity contribution < 1.29 is 19.1 Å². The fraction of sp³-hybridized carbons (Fsp3) is 0.438. The predicted octanol–water partition coefficient (Wildman–Crippen LogP) is -0.423. The maximum atomic E-state index is 12.1. The first kappa shape index (κ1) is 17.6. The molecule has 0 saturated carbocycles. The molecule has 2 rings (SSSR count). The number of rotatable bonds is 5. The van der Waals surface area contributed by atoms with Crippen LogP contribution in [-0.2, 0) is 9.59 Å². The highest BCUT2D eigenvalue weighted by Gasteiger charge is 2.27. The van der Waals surface area contributed by atoms with E-state index >= 15 is 0 Å². The van der Waals surface area contributed by atoms with Gasteiger partial charge in [0.15, 0.2) is 0 Å². The van der Waals surface area contributed by atoms with Gasteiger partial charge in [-0.3, -0.25) is 14.4 Å². The second-order valence-corrected chi connectivity index (χ2v) is 5.90. The van der Waals surface area contributed by atoms with E-state index in [1.54, 1.807) is 32.3 Å². The first-order chi connectivity index (χ1) is 11.3. The summed E-state index contributed by atoms with van der Waals surface area (Å²) in [5.41, 5.74) is 6.31. The van der Waals surface area contributed by atoms with Gasteiger partial charge in [-0.15, -0.1) is 0 Å². The van der Waals surface area contributed by atoms with Crippen LogP contribution in [0.1, 0.15) is 16.8 Å². The van der Waals surface area contributed by atoms with E-state index in [0.717, 1.165) is 5.69 Å². The van der Waals surface area contributed by atoms with E-state index in [2.05, 4.69) is 5.32 Å². The van der Waals surface area contributed by atoms with Gasteiger partial charge < -0.3 is 25.6 Å². The summed E-state index contributed by atoms with van der Waals surface area (Å²) in [6, 6.07) is 5.03. The fourth-order valence-corrected chi connectivity index (χ4v) is 2.47. The number of ether oxygens (including phenoxy) is 1. The number of likely N-dealkylation sites (N-methyl/N-ethyl adjacent to an activating group) is 1. The molecule has 24 heavy (non-hydrogen) atoms. The van der Waals surface area contributed by atoms with E-state index in [1.807, 2.05) is 11.9 Å². The van der Waals surface area contributed by atoms with E-state index in [-0.39, 0.29) is 30.8 Å². The van der Waals surface area contributed by atoms with Crippen LogP contribution in [0.4, 0.5) is 5.69 Å². The monoisotopic (exact) mass is 334 g/mol. The smallest absolute Gasteiger partial charge is 0.253 e. The Morgan fingerprint density at radius 2 is 2.08 bits per heavy atom. The molecule has 1 aromatic carbocycles. The van der Waals surface area contributed by atoms with Crippen LogP contribution in [0, 0.1) is 0 Å². The van der Waals surface area contributed by atoms with Crippen molar-refractivity contribution in [3.63, 3.8) is 0 Å². The van der Waals surface area contributed by atoms with Crippen LogP contribution < -0.4 is 20.7 Å². The van der Waals surface area contributed by atoms with Crippen molar-refractivity contribution in [3.8, 4) is 5.75 Å². The number of hydrogen-bond donors (Lipinski definition) is 2. The summed E-state index contributed by atoms with van der Waals surface area (Å²) in [4.78, 5) is 38.1. The number of nitrogens with zero attached hydrogens (tertiary/aromatic N) is 2. The van der Waals surface area contributed by atoms with Crippen molar-refractivity contribution in [2.45, 2.75) is 12.5 Å². The summed E-state index contributed by atoms with van der Waals surface area (Å²) in [6.07, 6.45) is 0.162. The molecular formula is C16H22N4O4. The van der Waals surface area contributed by atoms with Gasteiger partial charge in [-0.25, -0.2) is 0 Å². The van der Waals surface area contributed by atoms with Crippen LogP contribution in [0.25, 0.3) is 0 Å². The molecule has 0 aliphatic carbocycles. The minimum absolute atomic E-state index is 0.104. The Morgan fingerprint density at radius 3 is 2.71 bits per heavy atom. The Morgan fingerprint density at radius 1 is 1.38 bits per heavy atom. The van der Waals surface area contributed by atoms with Gasteiger partial charge >= 0.3 is 0 Å². The Bertz CT molecular complexity index is 659. The van der Waals surface area contributed by atoms with Crippen LogP contribution in [-0.4, -0.2) is 63.0 Å². The van der Waals surface area contributed by atoms with Gasteiger partial charge in [-0.05, 0) is 18.2 Å². The molecule has 8 heteroatoms. The van der Waals surface area contributed by atoms with Gasteiger partial charge in [-0.2, -0.15) is 0 Å². The van der Waals surface area contributed by atoms with Crippen molar-refractivity contribution in [2.24, 2.45) is 5.73 Å². The molecule has 8 nitrogen and oxygen atoms in total. The quantitative estimate of drug-likeness (QED) is 0.761. The zero-order valence-corrected chi connectivity index (χ0v) is 14.0. The Kier molecular flexibility index (Phi) is 5.28. The molecule has 0 radical (unpaired) electrons. The lowest BCUT2D eigenvalue weighted by Gasteiger charge is -2.35. The van der Waals surface area contributed by atoms with Gasteiger partial charge in [-0.1, -0.05) is 0 Å². The Hall–Kier alpha value is -2.77. The second-order valence-electron chi connectivity index (χ2n) is 5.90. The number of fused-ring (bicyclic) bond motifs is 1. The van der Waals surface area contributed by atoms with E-state index in [1.165, 1.54) is 4.90 Å². The first-order valence-corrected chi connectivity index (χ1v) is 7.56.